The van der Waals surface area contributed by atoms with Crippen LogP contribution in [0.25, 0.3) is 0 Å². The van der Waals surface area contributed by atoms with Crippen molar-refractivity contribution in [3.05, 3.63) is 18.1 Å². The second-order valence-electron chi connectivity index (χ2n) is 5.03. The van der Waals surface area contributed by atoms with Crippen molar-refractivity contribution in [3.8, 4) is 0 Å². The first-order valence-corrected chi connectivity index (χ1v) is 6.00. The minimum absolute atomic E-state index is 0.231. The molecule has 98 valence electrons. The lowest BCUT2D eigenvalue weighted by Gasteiger charge is -2.32. The number of hydrogen-bond donors (Lipinski definition) is 3. The Morgan fingerprint density at radius 3 is 2.56 bits per heavy atom. The number of aromatic nitrogens is 2. The predicted octanol–water partition coefficient (Wildman–Crippen LogP) is 1.98. The molecule has 0 atom stereocenters. The van der Waals surface area contributed by atoms with Gasteiger partial charge in [0.2, 0.25) is 0 Å². The molecule has 0 unspecified atom stereocenters. The molecule has 1 saturated carbocycles. The van der Waals surface area contributed by atoms with Crippen LogP contribution in [0.15, 0.2) is 12.4 Å². The van der Waals surface area contributed by atoms with Gasteiger partial charge in [-0.1, -0.05) is 0 Å². The van der Waals surface area contributed by atoms with Crippen LogP contribution in [-0.2, 0) is 0 Å². The maximum Gasteiger partial charge on any atom is 0.410 e. The molecule has 6 nitrogen and oxygen atoms in total. The zero-order valence-electron chi connectivity index (χ0n) is 10.3. The third kappa shape index (κ3) is 3.16. The van der Waals surface area contributed by atoms with Gasteiger partial charge >= 0.3 is 6.09 Å². The summed E-state index contributed by atoms with van der Waals surface area (Å²) in [5.74, 6) is 0.533. The van der Waals surface area contributed by atoms with Gasteiger partial charge in [-0.15, -0.1) is 0 Å². The summed E-state index contributed by atoms with van der Waals surface area (Å²) in [5, 5.41) is 20.6. The second-order valence-corrected chi connectivity index (χ2v) is 5.03. The number of nitrogens with one attached hydrogen (secondary N) is 1. The summed E-state index contributed by atoms with van der Waals surface area (Å²) >= 11 is 0. The first kappa shape index (κ1) is 12.8. The smallest absolute Gasteiger partial charge is 0.410 e. The Balaban J connectivity index is 2.00. The minimum Gasteiger partial charge on any atom is -0.465 e. The van der Waals surface area contributed by atoms with Crippen molar-refractivity contribution >= 4 is 11.9 Å². The van der Waals surface area contributed by atoms with Gasteiger partial charge in [-0.25, -0.2) is 9.78 Å². The van der Waals surface area contributed by atoms with E-state index in [1.807, 2.05) is 6.92 Å². The van der Waals surface area contributed by atoms with E-state index >= 15 is 0 Å². The highest BCUT2D eigenvalue weighted by atomic mass is 16.4. The average molecular weight is 251 g/mol. The number of anilines is 1. The molecule has 1 fully saturated rings. The molecule has 0 radical (unpaired) electrons. The van der Waals surface area contributed by atoms with Crippen LogP contribution in [0, 0.1) is 0 Å². The van der Waals surface area contributed by atoms with Gasteiger partial charge in [0.25, 0.3) is 0 Å². The molecule has 1 aromatic rings. The number of nitrogens with zero attached hydrogens (tertiary/aromatic N) is 2. The van der Waals surface area contributed by atoms with Gasteiger partial charge in [0.15, 0.2) is 5.82 Å². The first-order chi connectivity index (χ1) is 8.46. The number of carbonyl (C=O) groups is 1. The molecule has 3 N–H and O–H groups in total. The third-order valence-corrected chi connectivity index (χ3v) is 3.39. The number of amides is 1. The van der Waals surface area contributed by atoms with E-state index in [1.54, 1.807) is 6.20 Å². The van der Waals surface area contributed by atoms with E-state index in [0.29, 0.717) is 5.92 Å². The van der Waals surface area contributed by atoms with E-state index in [2.05, 4.69) is 15.3 Å². The molecular formula is C12H17N3O3. The Labute approximate surface area is 105 Å². The molecular weight excluding hydrogens is 234 g/mol. The zero-order chi connectivity index (χ0) is 13.2. The molecule has 0 bridgehead atoms. The lowest BCUT2D eigenvalue weighted by molar-refractivity contribution is 0.0168. The van der Waals surface area contributed by atoms with Crippen LogP contribution in [-0.4, -0.2) is 31.9 Å². The minimum atomic E-state index is -1.15. The Bertz CT molecular complexity index is 421. The van der Waals surface area contributed by atoms with E-state index in [9.17, 15) is 9.90 Å². The van der Waals surface area contributed by atoms with Crippen LogP contribution < -0.4 is 5.32 Å². The monoisotopic (exact) mass is 251 g/mol. The Hall–Kier alpha value is -1.69. The summed E-state index contributed by atoms with van der Waals surface area (Å²) in [6.45, 7) is 1.86. The van der Waals surface area contributed by atoms with Crippen molar-refractivity contribution < 1.29 is 15.0 Å². The first-order valence-electron chi connectivity index (χ1n) is 6.00. The van der Waals surface area contributed by atoms with Crippen molar-refractivity contribution in [3.63, 3.8) is 0 Å². The van der Waals surface area contributed by atoms with Crippen molar-refractivity contribution in [1.82, 2.24) is 9.97 Å². The summed E-state index contributed by atoms with van der Waals surface area (Å²) in [6.07, 6.45) is 5.17. The highest BCUT2D eigenvalue weighted by molar-refractivity contribution is 5.81. The van der Waals surface area contributed by atoms with Gasteiger partial charge in [0, 0.05) is 5.92 Å². The molecule has 0 saturated heterocycles. The standard InChI is InChI=1S/C12H17N3O3/c1-12(18)4-2-8(3-5-12)9-6-14-10(7-13-9)15-11(16)17/h6-8,18H,2-5H2,1H3,(H,14,15)(H,16,17). The molecule has 0 spiro atoms. The van der Waals surface area contributed by atoms with Crippen molar-refractivity contribution in [2.24, 2.45) is 0 Å². The Morgan fingerprint density at radius 2 is 2.06 bits per heavy atom. The quantitative estimate of drug-likeness (QED) is 0.747. The summed E-state index contributed by atoms with van der Waals surface area (Å²) < 4.78 is 0. The number of hydrogen-bond acceptors (Lipinski definition) is 4. The molecule has 1 heterocycles. The van der Waals surface area contributed by atoms with E-state index < -0.39 is 11.7 Å². The van der Waals surface area contributed by atoms with Gasteiger partial charge in [-0.3, -0.25) is 10.3 Å². The van der Waals surface area contributed by atoms with E-state index in [0.717, 1.165) is 31.4 Å². The number of carboxylic acid groups (broad SMARTS) is 1. The largest absolute Gasteiger partial charge is 0.465 e. The van der Waals surface area contributed by atoms with Crippen LogP contribution >= 0.6 is 0 Å². The van der Waals surface area contributed by atoms with Crippen LogP contribution in [0.1, 0.15) is 44.2 Å². The maximum atomic E-state index is 10.4. The van der Waals surface area contributed by atoms with Crippen molar-refractivity contribution in [2.75, 3.05) is 5.32 Å². The lowest BCUT2D eigenvalue weighted by atomic mass is 9.79. The molecule has 1 aliphatic carbocycles. The van der Waals surface area contributed by atoms with Gasteiger partial charge in [0.05, 0.1) is 23.7 Å². The van der Waals surface area contributed by atoms with Gasteiger partial charge in [0.1, 0.15) is 0 Å². The highest BCUT2D eigenvalue weighted by Crippen LogP contribution is 2.36. The molecule has 2 rings (SSSR count). The Kier molecular flexibility index (Phi) is 3.47. The summed E-state index contributed by atoms with van der Waals surface area (Å²) in [7, 11) is 0. The third-order valence-electron chi connectivity index (χ3n) is 3.39. The average Bonchev–Trinajstić information content (AvgIpc) is 2.30. The molecule has 1 amide bonds. The Morgan fingerprint density at radius 1 is 1.39 bits per heavy atom. The van der Waals surface area contributed by atoms with Crippen LogP contribution in [0.4, 0.5) is 10.6 Å². The maximum absolute atomic E-state index is 10.4. The van der Waals surface area contributed by atoms with Crippen molar-refractivity contribution in [2.45, 2.75) is 44.1 Å². The molecule has 6 heteroatoms. The SMILES string of the molecule is CC1(O)CCC(c2cnc(NC(=O)O)cn2)CC1. The fraction of sp³-hybridized carbons (Fsp3) is 0.583. The van der Waals surface area contributed by atoms with Gasteiger partial charge in [-0.2, -0.15) is 0 Å². The molecule has 1 aliphatic rings. The fourth-order valence-electron chi connectivity index (χ4n) is 2.26. The van der Waals surface area contributed by atoms with Crippen LogP contribution in [0.5, 0.6) is 0 Å². The highest BCUT2D eigenvalue weighted by Gasteiger charge is 2.30. The normalized spacial score (nSPS) is 27.8. The van der Waals surface area contributed by atoms with Crippen LogP contribution in [0.3, 0.4) is 0 Å². The van der Waals surface area contributed by atoms with E-state index in [4.69, 9.17) is 5.11 Å². The summed E-state index contributed by atoms with van der Waals surface area (Å²) in [5.41, 5.74) is 0.302. The summed E-state index contributed by atoms with van der Waals surface area (Å²) in [6, 6.07) is 0. The number of aliphatic hydroxyl groups is 1. The van der Waals surface area contributed by atoms with Gasteiger partial charge < -0.3 is 10.2 Å². The molecule has 0 aliphatic heterocycles. The molecule has 1 aromatic heterocycles. The molecule has 0 aromatic carbocycles. The van der Waals surface area contributed by atoms with E-state index in [1.165, 1.54) is 6.20 Å². The van der Waals surface area contributed by atoms with Crippen LogP contribution in [0.2, 0.25) is 0 Å². The number of rotatable bonds is 2. The van der Waals surface area contributed by atoms with Crippen molar-refractivity contribution in [1.29, 1.82) is 0 Å². The van der Waals surface area contributed by atoms with Gasteiger partial charge in [-0.05, 0) is 32.6 Å². The fourth-order valence-corrected chi connectivity index (χ4v) is 2.26. The zero-order valence-corrected chi connectivity index (χ0v) is 10.3. The second kappa shape index (κ2) is 4.89. The summed E-state index contributed by atoms with van der Waals surface area (Å²) in [4.78, 5) is 18.7. The van der Waals surface area contributed by atoms with E-state index in [-0.39, 0.29) is 5.82 Å². The topological polar surface area (TPSA) is 95.3 Å². The predicted molar refractivity (Wildman–Crippen MR) is 65.5 cm³/mol. The molecule has 18 heavy (non-hydrogen) atoms. The lowest BCUT2D eigenvalue weighted by Crippen LogP contribution is -2.29.